The molecule has 1 aliphatic heterocycles. The molecule has 1 N–H and O–H groups in total. The molecule has 0 saturated carbocycles. The number of hydrogen-bond acceptors (Lipinski definition) is 5. The van der Waals surface area contributed by atoms with Crippen LogP contribution in [0.15, 0.2) is 22.0 Å². The van der Waals surface area contributed by atoms with E-state index in [0.717, 1.165) is 18.9 Å². The summed E-state index contributed by atoms with van der Waals surface area (Å²) in [7, 11) is -1.38. The summed E-state index contributed by atoms with van der Waals surface area (Å²) in [5.41, 5.74) is 3.16. The number of amides is 1. The summed E-state index contributed by atoms with van der Waals surface area (Å²) in [4.78, 5) is 13.3. The predicted molar refractivity (Wildman–Crippen MR) is 118 cm³/mol. The van der Waals surface area contributed by atoms with Gasteiger partial charge in [-0.15, -0.1) is 0 Å². The van der Waals surface area contributed by atoms with Crippen LogP contribution in [-0.4, -0.2) is 42.8 Å². The first-order valence-electron chi connectivity index (χ1n) is 9.38. The maximum atomic E-state index is 14.4. The Hall–Kier alpha value is -1.56. The third-order valence-corrected chi connectivity index (χ3v) is 9.13. The molecule has 0 bridgehead atoms. The second kappa shape index (κ2) is 10.5. The lowest BCUT2D eigenvalue weighted by atomic mass is 10.1. The number of hydrogen-bond donors (Lipinski definition) is 1. The summed E-state index contributed by atoms with van der Waals surface area (Å²) < 4.78 is 32.1. The van der Waals surface area contributed by atoms with E-state index in [2.05, 4.69) is 10.5 Å². The maximum absolute atomic E-state index is 14.4. The van der Waals surface area contributed by atoms with E-state index in [-0.39, 0.29) is 15.5 Å². The molecule has 0 radical (unpaired) electrons. The molecule has 29 heavy (non-hydrogen) atoms. The summed E-state index contributed by atoms with van der Waals surface area (Å²) in [6.45, 7) is 4.11. The monoisotopic (exact) mass is 463 g/mol. The molecule has 1 aromatic rings. The Kier molecular flexibility index (Phi) is 8.56. The molecule has 2 rings (SSSR count). The first-order valence-corrected chi connectivity index (χ1v) is 12.2. The number of ether oxygens (including phenoxy) is 1. The smallest absolute Gasteiger partial charge is 0.414 e. The van der Waals surface area contributed by atoms with Crippen molar-refractivity contribution in [2.75, 3.05) is 31.4 Å². The van der Waals surface area contributed by atoms with Gasteiger partial charge in [-0.05, 0) is 36.6 Å². The van der Waals surface area contributed by atoms with E-state index in [0.29, 0.717) is 36.7 Å². The van der Waals surface area contributed by atoms with E-state index in [4.69, 9.17) is 27.9 Å². The van der Waals surface area contributed by atoms with Gasteiger partial charge in [0.2, 0.25) is 0 Å². The lowest BCUT2D eigenvalue weighted by molar-refractivity contribution is 0.142. The molecule has 10 heteroatoms. The van der Waals surface area contributed by atoms with Crippen LogP contribution in [0.3, 0.4) is 0 Å². The lowest BCUT2D eigenvalue weighted by Crippen LogP contribution is -2.40. The van der Waals surface area contributed by atoms with E-state index in [1.807, 2.05) is 13.8 Å². The van der Waals surface area contributed by atoms with Gasteiger partial charge in [0.05, 0.1) is 22.6 Å². The number of rotatable bonds is 6. The minimum atomic E-state index is -2.68. The van der Waals surface area contributed by atoms with Gasteiger partial charge in [-0.2, -0.15) is 5.10 Å². The average molecular weight is 464 g/mol. The van der Waals surface area contributed by atoms with Crippen molar-refractivity contribution in [2.45, 2.75) is 33.1 Å². The van der Waals surface area contributed by atoms with E-state index in [1.165, 1.54) is 24.2 Å². The topological polar surface area (TPSA) is 71.0 Å². The number of amidine groups is 1. The quantitative estimate of drug-likeness (QED) is 0.391. The highest BCUT2D eigenvalue weighted by molar-refractivity contribution is 7.70. The molecule has 6 nitrogen and oxygen atoms in total. The largest absolute Gasteiger partial charge is 0.452 e. The number of benzene rings is 1. The Morgan fingerprint density at radius 3 is 2.69 bits per heavy atom. The molecule has 1 heterocycles. The third kappa shape index (κ3) is 5.74. The summed E-state index contributed by atoms with van der Waals surface area (Å²) in [6, 6.07) is 2.59. The molecule has 0 unspecified atom stereocenters. The third-order valence-electron chi connectivity index (χ3n) is 4.82. The first-order chi connectivity index (χ1) is 13.8. The number of carbonyl (C=O) groups excluding carboxylic acids is 1. The first kappa shape index (κ1) is 23.7. The number of likely N-dealkylation sites (tertiary alicyclic amines) is 1. The number of hydrazone groups is 1. The fourth-order valence-electron chi connectivity index (χ4n) is 2.90. The van der Waals surface area contributed by atoms with Crippen molar-refractivity contribution < 1.29 is 18.5 Å². The zero-order valence-electron chi connectivity index (χ0n) is 16.7. The number of anilines is 1. The highest BCUT2D eigenvalue weighted by Crippen LogP contribution is 2.56. The van der Waals surface area contributed by atoms with Crippen LogP contribution in [0.5, 0.6) is 0 Å². The van der Waals surface area contributed by atoms with Gasteiger partial charge in [0, 0.05) is 25.3 Å². The average Bonchev–Trinajstić information content (AvgIpc) is 2.73. The fraction of sp³-hybridized carbons (Fsp3) is 0.474. The van der Waals surface area contributed by atoms with E-state index < -0.39 is 19.1 Å². The molecular weight excluding hydrogens is 439 g/mol. The van der Waals surface area contributed by atoms with Crippen LogP contribution < -0.4 is 5.43 Å². The SMILES string of the molecule is CCP(=O)(CC)/C(Cl)=C/c1cc(N/N=C2\CCCCN2C(=O)OC)c(F)cc1Cl. The zero-order valence-corrected chi connectivity index (χ0v) is 19.1. The van der Waals surface area contributed by atoms with Gasteiger partial charge in [-0.25, -0.2) is 9.18 Å². The number of piperidine rings is 1. The van der Waals surface area contributed by atoms with Gasteiger partial charge in [0.15, 0.2) is 0 Å². The minimum Gasteiger partial charge on any atom is -0.452 e. The van der Waals surface area contributed by atoms with E-state index in [1.54, 1.807) is 0 Å². The summed E-state index contributed by atoms with van der Waals surface area (Å²) in [6.07, 6.45) is 4.13. The Morgan fingerprint density at radius 2 is 2.07 bits per heavy atom. The zero-order chi connectivity index (χ0) is 21.6. The van der Waals surface area contributed by atoms with Crippen LogP contribution in [0.25, 0.3) is 6.08 Å². The fourth-order valence-corrected chi connectivity index (χ4v) is 5.36. The Morgan fingerprint density at radius 1 is 1.38 bits per heavy atom. The van der Waals surface area contributed by atoms with Crippen molar-refractivity contribution in [1.29, 1.82) is 0 Å². The van der Waals surface area contributed by atoms with Crippen LogP contribution in [-0.2, 0) is 9.30 Å². The molecule has 1 fully saturated rings. The van der Waals surface area contributed by atoms with Gasteiger partial charge in [0.25, 0.3) is 0 Å². The van der Waals surface area contributed by atoms with Crippen molar-refractivity contribution >= 4 is 54.0 Å². The normalized spacial score (nSPS) is 16.8. The number of halogens is 3. The number of nitrogens with one attached hydrogen (secondary N) is 1. The Balaban J connectivity index is 2.34. The van der Waals surface area contributed by atoms with Crippen molar-refractivity contribution in [2.24, 2.45) is 5.10 Å². The van der Waals surface area contributed by atoms with Crippen LogP contribution in [0.4, 0.5) is 14.9 Å². The Labute approximate surface area is 180 Å². The summed E-state index contributed by atoms with van der Waals surface area (Å²) in [5, 5.41) is 4.34. The molecule has 0 aliphatic carbocycles. The van der Waals surface area contributed by atoms with Crippen LogP contribution in [0.2, 0.25) is 5.02 Å². The van der Waals surface area contributed by atoms with Crippen LogP contribution >= 0.6 is 30.3 Å². The van der Waals surface area contributed by atoms with Gasteiger partial charge in [-0.3, -0.25) is 10.3 Å². The van der Waals surface area contributed by atoms with Gasteiger partial charge < -0.3 is 9.30 Å². The number of methoxy groups -OCH3 is 1. The molecule has 0 atom stereocenters. The molecule has 1 amide bonds. The van der Waals surface area contributed by atoms with Crippen molar-refractivity contribution in [1.82, 2.24) is 4.90 Å². The number of carbonyl (C=O) groups is 1. The summed E-state index contributed by atoms with van der Waals surface area (Å²) in [5.74, 6) is -0.142. The van der Waals surface area contributed by atoms with Crippen molar-refractivity contribution in [3.05, 3.63) is 33.3 Å². The highest BCUT2D eigenvalue weighted by Gasteiger charge is 2.24. The van der Waals surface area contributed by atoms with Gasteiger partial charge >= 0.3 is 6.09 Å². The van der Waals surface area contributed by atoms with Crippen LogP contribution in [0, 0.1) is 5.82 Å². The molecule has 0 aromatic heterocycles. The van der Waals surface area contributed by atoms with Gasteiger partial charge in [0.1, 0.15) is 18.8 Å². The van der Waals surface area contributed by atoms with Crippen molar-refractivity contribution in [3.8, 4) is 0 Å². The molecule has 0 spiro atoms. The van der Waals surface area contributed by atoms with Crippen molar-refractivity contribution in [3.63, 3.8) is 0 Å². The summed E-state index contributed by atoms with van der Waals surface area (Å²) >= 11 is 12.4. The Bertz CT molecular complexity index is 869. The molecule has 1 aromatic carbocycles. The number of nitrogens with zero attached hydrogens (tertiary/aromatic N) is 2. The lowest BCUT2D eigenvalue weighted by Gasteiger charge is -2.26. The van der Waals surface area contributed by atoms with Gasteiger partial charge in [-0.1, -0.05) is 37.0 Å². The molecular formula is C19H25Cl2FN3O3P. The maximum Gasteiger partial charge on any atom is 0.414 e. The molecule has 1 saturated heterocycles. The minimum absolute atomic E-state index is 0.0656. The highest BCUT2D eigenvalue weighted by atomic mass is 35.5. The second-order valence-electron chi connectivity index (χ2n) is 6.56. The standard InChI is InChI=1S/C19H25Cl2FN3O3P/c1-4-29(27,5-2)17(21)11-13-10-16(15(22)12-14(13)20)23-24-18-8-6-7-9-25(18)19(26)28-3/h10-12,23H,4-9H2,1-3H3/b17-11+,24-18+. The van der Waals surface area contributed by atoms with Crippen LogP contribution in [0.1, 0.15) is 38.7 Å². The second-order valence-corrected chi connectivity index (χ2v) is 11.2. The van der Waals surface area contributed by atoms with E-state index >= 15 is 0 Å². The van der Waals surface area contributed by atoms with E-state index in [9.17, 15) is 13.8 Å². The molecule has 160 valence electrons. The predicted octanol–water partition coefficient (Wildman–Crippen LogP) is 6.40. The molecule has 1 aliphatic rings.